The second kappa shape index (κ2) is 8.13. The lowest BCUT2D eigenvalue weighted by Gasteiger charge is -2.43. The third-order valence-electron chi connectivity index (χ3n) is 5.09. The molecule has 0 atom stereocenters. The van der Waals surface area contributed by atoms with Crippen LogP contribution in [0.2, 0.25) is 0 Å². The van der Waals surface area contributed by atoms with Gasteiger partial charge in [-0.25, -0.2) is 18.7 Å². The van der Waals surface area contributed by atoms with Crippen LogP contribution in [-0.4, -0.2) is 51.9 Å². The predicted molar refractivity (Wildman–Crippen MR) is 105 cm³/mol. The number of hydrogen-bond donors (Lipinski definition) is 1. The number of pyridine rings is 1. The van der Waals surface area contributed by atoms with E-state index in [1.54, 1.807) is 18.5 Å². The molecule has 3 aromatic rings. The Kier molecular flexibility index (Phi) is 5.39. The maximum absolute atomic E-state index is 14.2. The normalized spacial score (nSPS) is 20.3. The van der Waals surface area contributed by atoms with Crippen LogP contribution in [0.3, 0.4) is 0 Å². The molecule has 0 aliphatic heterocycles. The Morgan fingerprint density at radius 2 is 1.90 bits per heavy atom. The van der Waals surface area contributed by atoms with Crippen LogP contribution >= 0.6 is 0 Å². The fourth-order valence-electron chi connectivity index (χ4n) is 3.53. The van der Waals surface area contributed by atoms with Gasteiger partial charge in [0, 0.05) is 42.2 Å². The van der Waals surface area contributed by atoms with Gasteiger partial charge in [-0.3, -0.25) is 4.98 Å². The zero-order valence-corrected chi connectivity index (χ0v) is 16.5. The fourth-order valence-corrected chi connectivity index (χ4v) is 3.53. The number of ether oxygens (including phenoxy) is 2. The first-order valence-corrected chi connectivity index (χ1v) is 9.31. The second-order valence-corrected chi connectivity index (χ2v) is 7.05. The SMILES string of the molecule is COc1cc(-c2cnc(NCC3(c4ncccc4F)CC(F)C3)nc2)nc(OC)n1. The van der Waals surface area contributed by atoms with Crippen molar-refractivity contribution in [3.63, 3.8) is 0 Å². The van der Waals surface area contributed by atoms with Gasteiger partial charge in [-0.2, -0.15) is 9.97 Å². The number of methoxy groups -OCH3 is 2. The molecular formula is C20H20F2N6O2. The van der Waals surface area contributed by atoms with Crippen molar-refractivity contribution in [2.45, 2.75) is 24.4 Å². The van der Waals surface area contributed by atoms with E-state index in [1.165, 1.54) is 32.5 Å². The summed E-state index contributed by atoms with van der Waals surface area (Å²) in [4.78, 5) is 21.0. The second-order valence-electron chi connectivity index (χ2n) is 7.05. The van der Waals surface area contributed by atoms with Crippen LogP contribution in [-0.2, 0) is 5.41 Å². The maximum atomic E-state index is 14.2. The Balaban J connectivity index is 1.51. The molecule has 0 unspecified atom stereocenters. The highest BCUT2D eigenvalue weighted by Crippen LogP contribution is 2.45. The van der Waals surface area contributed by atoms with E-state index in [4.69, 9.17) is 9.47 Å². The lowest BCUT2D eigenvalue weighted by Crippen LogP contribution is -2.49. The molecule has 1 aliphatic rings. The van der Waals surface area contributed by atoms with Crippen molar-refractivity contribution in [1.29, 1.82) is 0 Å². The molecule has 0 spiro atoms. The first-order valence-electron chi connectivity index (χ1n) is 9.31. The number of hydrogen-bond acceptors (Lipinski definition) is 8. The molecule has 0 aromatic carbocycles. The Morgan fingerprint density at radius 1 is 1.13 bits per heavy atom. The summed E-state index contributed by atoms with van der Waals surface area (Å²) < 4.78 is 38.1. The van der Waals surface area contributed by atoms with Crippen LogP contribution in [0.5, 0.6) is 11.9 Å². The van der Waals surface area contributed by atoms with Crippen LogP contribution in [0.1, 0.15) is 18.5 Å². The first-order chi connectivity index (χ1) is 14.5. The van der Waals surface area contributed by atoms with E-state index in [2.05, 4.69) is 30.2 Å². The Labute approximate surface area is 171 Å². The summed E-state index contributed by atoms with van der Waals surface area (Å²) in [6.45, 7) is 0.274. The summed E-state index contributed by atoms with van der Waals surface area (Å²) in [7, 11) is 2.96. The van der Waals surface area contributed by atoms with Crippen LogP contribution < -0.4 is 14.8 Å². The molecule has 0 saturated heterocycles. The van der Waals surface area contributed by atoms with E-state index in [9.17, 15) is 8.78 Å². The van der Waals surface area contributed by atoms with Gasteiger partial charge in [0.05, 0.1) is 25.6 Å². The van der Waals surface area contributed by atoms with E-state index in [1.807, 2.05) is 0 Å². The van der Waals surface area contributed by atoms with E-state index < -0.39 is 17.4 Å². The zero-order chi connectivity index (χ0) is 21.1. The van der Waals surface area contributed by atoms with Gasteiger partial charge in [0.1, 0.15) is 12.0 Å². The van der Waals surface area contributed by atoms with E-state index in [-0.39, 0.29) is 31.1 Å². The van der Waals surface area contributed by atoms with E-state index >= 15 is 0 Å². The number of alkyl halides is 1. The number of nitrogens with zero attached hydrogens (tertiary/aromatic N) is 5. The highest BCUT2D eigenvalue weighted by atomic mass is 19.1. The molecule has 1 N–H and O–H groups in total. The fraction of sp³-hybridized carbons (Fsp3) is 0.350. The van der Waals surface area contributed by atoms with Gasteiger partial charge >= 0.3 is 6.01 Å². The third kappa shape index (κ3) is 3.85. The average molecular weight is 414 g/mol. The number of anilines is 1. The van der Waals surface area contributed by atoms with Gasteiger partial charge in [0.2, 0.25) is 11.8 Å². The summed E-state index contributed by atoms with van der Waals surface area (Å²) in [5.74, 6) is 0.253. The van der Waals surface area contributed by atoms with Gasteiger partial charge in [0.25, 0.3) is 0 Å². The number of aromatic nitrogens is 5. The number of halogens is 2. The van der Waals surface area contributed by atoms with Crippen molar-refractivity contribution in [3.05, 3.63) is 48.3 Å². The van der Waals surface area contributed by atoms with Crippen molar-refractivity contribution in [2.24, 2.45) is 0 Å². The molecule has 156 valence electrons. The lowest BCUT2D eigenvalue weighted by molar-refractivity contribution is 0.0963. The van der Waals surface area contributed by atoms with Gasteiger partial charge in [0.15, 0.2) is 0 Å². The molecule has 0 amide bonds. The van der Waals surface area contributed by atoms with Crippen LogP contribution in [0.4, 0.5) is 14.7 Å². The summed E-state index contributed by atoms with van der Waals surface area (Å²) in [6, 6.07) is 4.66. The minimum absolute atomic E-state index is 0.164. The monoisotopic (exact) mass is 414 g/mol. The van der Waals surface area contributed by atoms with Gasteiger partial charge < -0.3 is 14.8 Å². The molecule has 8 nitrogen and oxygen atoms in total. The van der Waals surface area contributed by atoms with Gasteiger partial charge in [-0.1, -0.05) is 0 Å². The average Bonchev–Trinajstić information content (AvgIpc) is 2.76. The molecule has 1 fully saturated rings. The smallest absolute Gasteiger partial charge is 0.320 e. The predicted octanol–water partition coefficient (Wildman–Crippen LogP) is 2.97. The highest BCUT2D eigenvalue weighted by molar-refractivity contribution is 5.59. The number of rotatable bonds is 7. The molecule has 1 aliphatic carbocycles. The third-order valence-corrected chi connectivity index (χ3v) is 5.09. The molecule has 3 heterocycles. The molecule has 3 aromatic heterocycles. The summed E-state index contributed by atoms with van der Waals surface area (Å²) >= 11 is 0. The molecule has 10 heteroatoms. The Bertz CT molecular complexity index is 1010. The maximum Gasteiger partial charge on any atom is 0.320 e. The van der Waals surface area contributed by atoms with E-state index in [0.717, 1.165) is 0 Å². The molecular weight excluding hydrogens is 394 g/mol. The van der Waals surface area contributed by atoms with Gasteiger partial charge in [-0.15, -0.1) is 0 Å². The minimum atomic E-state index is -0.973. The molecule has 0 radical (unpaired) electrons. The minimum Gasteiger partial charge on any atom is -0.481 e. The molecule has 30 heavy (non-hydrogen) atoms. The van der Waals surface area contributed by atoms with Crippen molar-refractivity contribution in [3.8, 4) is 23.1 Å². The standard InChI is InChI=1S/C20H20F2N6O2/c1-29-16-6-15(27-19(28-16)30-2)12-9-24-18(25-10-12)26-11-20(7-13(21)8-20)17-14(22)4-3-5-23-17/h3-6,9-10,13H,7-8,11H2,1-2H3,(H,24,25,26). The molecule has 4 rings (SSSR count). The Hall–Kier alpha value is -3.43. The van der Waals surface area contributed by atoms with E-state index in [0.29, 0.717) is 23.1 Å². The lowest BCUT2D eigenvalue weighted by atomic mass is 9.65. The molecule has 1 saturated carbocycles. The summed E-state index contributed by atoms with van der Waals surface area (Å²) in [5, 5.41) is 3.08. The van der Waals surface area contributed by atoms with Crippen molar-refractivity contribution in [2.75, 3.05) is 26.1 Å². The molecule has 0 bridgehead atoms. The summed E-state index contributed by atoms with van der Waals surface area (Å²) in [5.41, 5.74) is 0.720. The van der Waals surface area contributed by atoms with Crippen LogP contribution in [0.15, 0.2) is 36.8 Å². The van der Waals surface area contributed by atoms with Gasteiger partial charge in [-0.05, 0) is 25.0 Å². The first kappa shape index (κ1) is 19.9. The van der Waals surface area contributed by atoms with Crippen molar-refractivity contribution < 1.29 is 18.3 Å². The van der Waals surface area contributed by atoms with Crippen LogP contribution in [0.25, 0.3) is 11.3 Å². The van der Waals surface area contributed by atoms with Crippen molar-refractivity contribution >= 4 is 5.95 Å². The summed E-state index contributed by atoms with van der Waals surface area (Å²) in [6.07, 6.45) is 4.12. The quantitative estimate of drug-likeness (QED) is 0.631. The van der Waals surface area contributed by atoms with Crippen molar-refractivity contribution in [1.82, 2.24) is 24.9 Å². The van der Waals surface area contributed by atoms with Crippen LogP contribution in [0, 0.1) is 5.82 Å². The largest absolute Gasteiger partial charge is 0.481 e. The topological polar surface area (TPSA) is 94.9 Å². The Morgan fingerprint density at radius 3 is 2.53 bits per heavy atom. The highest BCUT2D eigenvalue weighted by Gasteiger charge is 2.48. The number of nitrogens with one attached hydrogen (secondary N) is 1. The zero-order valence-electron chi connectivity index (χ0n) is 16.5.